The number of amides is 1. The normalized spacial score (nSPS) is 14.8. The summed E-state index contributed by atoms with van der Waals surface area (Å²) in [6, 6.07) is 16.8. The van der Waals surface area contributed by atoms with Crippen LogP contribution in [0.1, 0.15) is 38.9 Å². The zero-order valence-electron chi connectivity index (χ0n) is 17.9. The third kappa shape index (κ3) is 3.83. The van der Waals surface area contributed by atoms with E-state index in [9.17, 15) is 4.79 Å². The van der Waals surface area contributed by atoms with E-state index in [-0.39, 0.29) is 5.91 Å². The number of rotatable bonds is 5. The van der Waals surface area contributed by atoms with Gasteiger partial charge in [0.2, 0.25) is 11.8 Å². The average Bonchev–Trinajstić information content (AvgIpc) is 3.20. The summed E-state index contributed by atoms with van der Waals surface area (Å²) in [6.07, 6.45) is 3.15. The van der Waals surface area contributed by atoms with Gasteiger partial charge in [-0.15, -0.1) is 0 Å². The molecule has 0 spiro atoms. The van der Waals surface area contributed by atoms with Crippen LogP contribution in [0.2, 0.25) is 0 Å². The number of ether oxygens (including phenoxy) is 1. The molecule has 2 aromatic carbocycles. The number of aryl methyl sites for hydroxylation is 1. The largest absolute Gasteiger partial charge is 0.481 e. The van der Waals surface area contributed by atoms with Gasteiger partial charge in [0, 0.05) is 36.5 Å². The minimum absolute atomic E-state index is 0.207. The van der Waals surface area contributed by atoms with E-state index < -0.39 is 0 Å². The van der Waals surface area contributed by atoms with E-state index in [4.69, 9.17) is 9.73 Å². The molecule has 0 saturated carbocycles. The second-order valence-corrected chi connectivity index (χ2v) is 8.26. The number of hydrogen-bond donors (Lipinski definition) is 0. The van der Waals surface area contributed by atoms with E-state index in [0.717, 1.165) is 35.4 Å². The predicted octanol–water partition coefficient (Wildman–Crippen LogP) is 3.88. The fourth-order valence-electron chi connectivity index (χ4n) is 4.33. The number of methoxy groups -OCH3 is 1. The van der Waals surface area contributed by atoms with E-state index in [0.29, 0.717) is 25.4 Å². The Morgan fingerprint density at radius 2 is 1.87 bits per heavy atom. The summed E-state index contributed by atoms with van der Waals surface area (Å²) < 4.78 is 5.17. The van der Waals surface area contributed by atoms with Crippen LogP contribution in [-0.2, 0) is 30.7 Å². The van der Waals surface area contributed by atoms with Crippen molar-refractivity contribution in [1.29, 1.82) is 0 Å². The number of pyridine rings is 1. The molecule has 0 unspecified atom stereocenters. The fourth-order valence-corrected chi connectivity index (χ4v) is 4.33. The third-order valence-electron chi connectivity index (χ3n) is 6.15. The number of aromatic nitrogens is 1. The van der Waals surface area contributed by atoms with Gasteiger partial charge in [-0.05, 0) is 47.7 Å². The van der Waals surface area contributed by atoms with Crippen molar-refractivity contribution < 1.29 is 9.53 Å². The lowest BCUT2D eigenvalue weighted by Crippen LogP contribution is -2.37. The SMILES string of the molecule is COc1ccc(C2=NCc3cc4c(cc32)CN(CCc2ccc(C)cc2)C(=O)C4)cn1. The molecule has 5 heteroatoms. The maximum Gasteiger partial charge on any atom is 0.227 e. The molecule has 1 aromatic heterocycles. The lowest BCUT2D eigenvalue weighted by atomic mass is 9.91. The lowest BCUT2D eigenvalue weighted by Gasteiger charge is -2.29. The van der Waals surface area contributed by atoms with Crippen molar-refractivity contribution in [2.45, 2.75) is 32.9 Å². The van der Waals surface area contributed by atoms with Crippen molar-refractivity contribution >= 4 is 11.6 Å². The molecule has 2 aliphatic heterocycles. The van der Waals surface area contributed by atoms with Gasteiger partial charge in [0.1, 0.15) is 0 Å². The number of aliphatic imine (C=N–C) groups is 1. The quantitative estimate of drug-likeness (QED) is 0.640. The highest BCUT2D eigenvalue weighted by Gasteiger charge is 2.27. The summed E-state index contributed by atoms with van der Waals surface area (Å²) >= 11 is 0. The number of carbonyl (C=O) groups excluding carboxylic acids is 1. The zero-order chi connectivity index (χ0) is 21.4. The maximum absolute atomic E-state index is 12.8. The van der Waals surface area contributed by atoms with Crippen molar-refractivity contribution in [3.8, 4) is 5.88 Å². The van der Waals surface area contributed by atoms with Gasteiger partial charge < -0.3 is 9.64 Å². The Balaban J connectivity index is 1.36. The van der Waals surface area contributed by atoms with E-state index in [1.165, 1.54) is 22.3 Å². The molecule has 0 aliphatic carbocycles. The van der Waals surface area contributed by atoms with Gasteiger partial charge in [-0.2, -0.15) is 0 Å². The molecular weight excluding hydrogens is 386 g/mol. The molecule has 0 saturated heterocycles. The Kier molecular flexibility index (Phi) is 5.02. The lowest BCUT2D eigenvalue weighted by molar-refractivity contribution is -0.131. The highest BCUT2D eigenvalue weighted by Crippen LogP contribution is 2.30. The summed E-state index contributed by atoms with van der Waals surface area (Å²) in [5, 5.41) is 0. The summed E-state index contributed by atoms with van der Waals surface area (Å²) in [7, 11) is 1.61. The minimum atomic E-state index is 0.207. The smallest absolute Gasteiger partial charge is 0.227 e. The third-order valence-corrected chi connectivity index (χ3v) is 6.15. The van der Waals surface area contributed by atoms with Crippen molar-refractivity contribution in [2.24, 2.45) is 4.99 Å². The number of nitrogens with zero attached hydrogens (tertiary/aromatic N) is 3. The Morgan fingerprint density at radius 3 is 2.61 bits per heavy atom. The molecule has 0 fully saturated rings. The summed E-state index contributed by atoms with van der Waals surface area (Å²) in [6.45, 7) is 4.13. The Hall–Kier alpha value is -3.47. The van der Waals surface area contributed by atoms with E-state index in [2.05, 4.69) is 48.3 Å². The first-order chi connectivity index (χ1) is 15.1. The Bertz CT molecular complexity index is 1160. The Morgan fingerprint density at radius 1 is 1.03 bits per heavy atom. The molecule has 5 nitrogen and oxygen atoms in total. The topological polar surface area (TPSA) is 54.8 Å². The van der Waals surface area contributed by atoms with Gasteiger partial charge in [-0.3, -0.25) is 9.79 Å². The van der Waals surface area contributed by atoms with Crippen molar-refractivity contribution in [2.75, 3.05) is 13.7 Å². The minimum Gasteiger partial charge on any atom is -0.481 e. The van der Waals surface area contributed by atoms with Gasteiger partial charge in [0.25, 0.3) is 0 Å². The molecule has 0 bridgehead atoms. The molecule has 1 amide bonds. The molecule has 0 N–H and O–H groups in total. The summed E-state index contributed by atoms with van der Waals surface area (Å²) in [5.74, 6) is 0.800. The van der Waals surface area contributed by atoms with Crippen LogP contribution < -0.4 is 4.74 Å². The van der Waals surface area contributed by atoms with Crippen LogP contribution in [-0.4, -0.2) is 35.2 Å². The molecule has 2 aliphatic rings. The van der Waals surface area contributed by atoms with Gasteiger partial charge in [-0.1, -0.05) is 35.9 Å². The van der Waals surface area contributed by atoms with E-state index >= 15 is 0 Å². The summed E-state index contributed by atoms with van der Waals surface area (Å²) in [4.78, 5) is 23.8. The van der Waals surface area contributed by atoms with Gasteiger partial charge in [-0.25, -0.2) is 4.98 Å². The predicted molar refractivity (Wildman–Crippen MR) is 121 cm³/mol. The monoisotopic (exact) mass is 411 g/mol. The molecule has 31 heavy (non-hydrogen) atoms. The van der Waals surface area contributed by atoms with Crippen molar-refractivity contribution in [3.63, 3.8) is 0 Å². The molecule has 3 heterocycles. The van der Waals surface area contributed by atoms with Gasteiger partial charge in [0.05, 0.1) is 25.8 Å². The average molecular weight is 412 g/mol. The van der Waals surface area contributed by atoms with Gasteiger partial charge >= 0.3 is 0 Å². The van der Waals surface area contributed by atoms with Crippen LogP contribution in [0.5, 0.6) is 5.88 Å². The molecule has 3 aromatic rings. The highest BCUT2D eigenvalue weighted by molar-refractivity contribution is 6.15. The van der Waals surface area contributed by atoms with Crippen LogP contribution in [0.25, 0.3) is 0 Å². The molecule has 156 valence electrons. The molecule has 5 rings (SSSR count). The first-order valence-corrected chi connectivity index (χ1v) is 10.6. The number of carbonyl (C=O) groups is 1. The zero-order valence-corrected chi connectivity index (χ0v) is 17.9. The molecule has 0 atom stereocenters. The first-order valence-electron chi connectivity index (χ1n) is 10.6. The van der Waals surface area contributed by atoms with Crippen LogP contribution in [0.15, 0.2) is 59.7 Å². The molecule has 0 radical (unpaired) electrons. The van der Waals surface area contributed by atoms with Crippen LogP contribution in [0, 0.1) is 6.92 Å². The second kappa shape index (κ2) is 7.99. The number of fused-ring (bicyclic) bond motifs is 2. The van der Waals surface area contributed by atoms with Crippen molar-refractivity contribution in [1.82, 2.24) is 9.88 Å². The first kappa shape index (κ1) is 19.5. The highest BCUT2D eigenvalue weighted by atomic mass is 16.5. The Labute approximate surface area is 182 Å². The standard InChI is InChI=1S/C26H25N3O2/c1-17-3-5-18(6-4-17)9-10-29-16-22-12-23-21(11-20(22)13-25(29)30)15-28-26(23)19-7-8-24(31-2)27-14-19/h3-8,11-12,14H,9-10,13,15-16H2,1-2H3. The number of hydrogen-bond acceptors (Lipinski definition) is 4. The fraction of sp³-hybridized carbons (Fsp3) is 0.269. The van der Waals surface area contributed by atoms with E-state index in [1.54, 1.807) is 7.11 Å². The second-order valence-electron chi connectivity index (χ2n) is 8.26. The maximum atomic E-state index is 12.8. The number of benzene rings is 2. The summed E-state index contributed by atoms with van der Waals surface area (Å²) in [5.41, 5.74) is 9.17. The van der Waals surface area contributed by atoms with Crippen LogP contribution in [0.3, 0.4) is 0 Å². The van der Waals surface area contributed by atoms with Crippen LogP contribution in [0.4, 0.5) is 0 Å². The molecular formula is C26H25N3O2. The van der Waals surface area contributed by atoms with Crippen molar-refractivity contribution in [3.05, 3.63) is 93.7 Å². The van der Waals surface area contributed by atoms with Gasteiger partial charge in [0.15, 0.2) is 0 Å². The van der Waals surface area contributed by atoms with Crippen LogP contribution >= 0.6 is 0 Å². The van der Waals surface area contributed by atoms with E-state index in [1.807, 2.05) is 23.2 Å².